The van der Waals surface area contributed by atoms with Crippen LogP contribution >= 0.6 is 0 Å². The average molecular weight is 235 g/mol. The van der Waals surface area contributed by atoms with Crippen LogP contribution in [0.15, 0.2) is 16.8 Å². The molecule has 0 amide bonds. The lowest BCUT2D eigenvalue weighted by atomic mass is 10.4. The molecule has 2 heterocycles. The normalized spacial score (nSPS) is 10.8. The van der Waals surface area contributed by atoms with E-state index in [4.69, 9.17) is 9.15 Å². The van der Waals surface area contributed by atoms with E-state index in [1.165, 1.54) is 0 Å². The SMILES string of the molecule is CCCn1cc(OCc2nc(C)c(C)o2)cn1. The Balaban J connectivity index is 1.92. The van der Waals surface area contributed by atoms with E-state index in [-0.39, 0.29) is 0 Å². The van der Waals surface area contributed by atoms with Gasteiger partial charge in [-0.15, -0.1) is 0 Å². The van der Waals surface area contributed by atoms with E-state index < -0.39 is 0 Å². The molecular weight excluding hydrogens is 218 g/mol. The van der Waals surface area contributed by atoms with Crippen LogP contribution in [0.4, 0.5) is 0 Å². The Morgan fingerprint density at radius 2 is 2.24 bits per heavy atom. The fraction of sp³-hybridized carbons (Fsp3) is 0.500. The zero-order chi connectivity index (χ0) is 12.3. The molecule has 5 nitrogen and oxygen atoms in total. The highest BCUT2D eigenvalue weighted by molar-refractivity contribution is 5.12. The molecule has 2 aromatic heterocycles. The maximum Gasteiger partial charge on any atom is 0.232 e. The maximum atomic E-state index is 5.55. The topological polar surface area (TPSA) is 53.1 Å². The quantitative estimate of drug-likeness (QED) is 0.798. The van der Waals surface area contributed by atoms with Crippen LogP contribution < -0.4 is 4.74 Å². The first-order chi connectivity index (χ1) is 8.19. The van der Waals surface area contributed by atoms with Crippen LogP contribution in [0.25, 0.3) is 0 Å². The molecule has 0 saturated carbocycles. The zero-order valence-corrected chi connectivity index (χ0v) is 10.4. The summed E-state index contributed by atoms with van der Waals surface area (Å²) in [5.41, 5.74) is 0.908. The first-order valence-corrected chi connectivity index (χ1v) is 5.77. The number of nitrogens with zero attached hydrogens (tertiary/aromatic N) is 3. The predicted molar refractivity (Wildman–Crippen MR) is 62.8 cm³/mol. The molecule has 0 atom stereocenters. The summed E-state index contributed by atoms with van der Waals surface area (Å²) < 4.78 is 12.8. The molecule has 0 spiro atoms. The van der Waals surface area contributed by atoms with Crippen molar-refractivity contribution in [3.63, 3.8) is 0 Å². The molecule has 0 saturated heterocycles. The first-order valence-electron chi connectivity index (χ1n) is 5.77. The largest absolute Gasteiger partial charge is 0.481 e. The monoisotopic (exact) mass is 235 g/mol. The van der Waals surface area contributed by atoms with Crippen molar-refractivity contribution >= 4 is 0 Å². The number of rotatable bonds is 5. The van der Waals surface area contributed by atoms with E-state index in [0.717, 1.165) is 30.2 Å². The van der Waals surface area contributed by atoms with Gasteiger partial charge in [0, 0.05) is 6.54 Å². The summed E-state index contributed by atoms with van der Waals surface area (Å²) >= 11 is 0. The molecule has 17 heavy (non-hydrogen) atoms. The van der Waals surface area contributed by atoms with E-state index in [9.17, 15) is 0 Å². The van der Waals surface area contributed by atoms with Crippen molar-refractivity contribution in [2.75, 3.05) is 0 Å². The third-order valence-corrected chi connectivity index (χ3v) is 2.50. The van der Waals surface area contributed by atoms with Crippen LogP contribution in [0.5, 0.6) is 5.75 Å². The zero-order valence-electron chi connectivity index (χ0n) is 10.4. The van der Waals surface area contributed by atoms with E-state index in [1.807, 2.05) is 24.7 Å². The van der Waals surface area contributed by atoms with Gasteiger partial charge < -0.3 is 9.15 Å². The van der Waals surface area contributed by atoms with E-state index in [2.05, 4.69) is 17.0 Å². The standard InChI is InChI=1S/C12H17N3O2/c1-4-5-15-7-11(6-13-15)16-8-12-14-9(2)10(3)17-12/h6-7H,4-5,8H2,1-3H3. The summed E-state index contributed by atoms with van der Waals surface area (Å²) in [5.74, 6) is 2.18. The Hall–Kier alpha value is -1.78. The lowest BCUT2D eigenvalue weighted by molar-refractivity contribution is 0.260. The second-order valence-electron chi connectivity index (χ2n) is 3.98. The van der Waals surface area contributed by atoms with Gasteiger partial charge >= 0.3 is 0 Å². The average Bonchev–Trinajstić information content (AvgIpc) is 2.85. The smallest absolute Gasteiger partial charge is 0.232 e. The van der Waals surface area contributed by atoms with Crippen molar-refractivity contribution in [2.24, 2.45) is 0 Å². The van der Waals surface area contributed by atoms with E-state index >= 15 is 0 Å². The summed E-state index contributed by atoms with van der Waals surface area (Å²) in [5, 5.41) is 4.18. The minimum atomic E-state index is 0.340. The molecular formula is C12H17N3O2. The van der Waals surface area contributed by atoms with Crippen molar-refractivity contribution in [2.45, 2.75) is 40.3 Å². The van der Waals surface area contributed by atoms with Gasteiger partial charge in [-0.2, -0.15) is 5.10 Å². The molecule has 5 heteroatoms. The number of aryl methyl sites for hydroxylation is 3. The molecule has 0 aliphatic carbocycles. The van der Waals surface area contributed by atoms with Crippen molar-refractivity contribution < 1.29 is 9.15 Å². The maximum absolute atomic E-state index is 5.55. The van der Waals surface area contributed by atoms with Gasteiger partial charge in [-0.3, -0.25) is 4.68 Å². The summed E-state index contributed by atoms with van der Waals surface area (Å²) in [6.45, 7) is 7.17. The van der Waals surface area contributed by atoms with Crippen molar-refractivity contribution in [1.29, 1.82) is 0 Å². The Kier molecular flexibility index (Phi) is 3.46. The van der Waals surface area contributed by atoms with Crippen molar-refractivity contribution in [3.8, 4) is 5.75 Å². The Morgan fingerprint density at radius 1 is 1.41 bits per heavy atom. The number of aromatic nitrogens is 3. The fourth-order valence-electron chi connectivity index (χ4n) is 1.52. The molecule has 2 rings (SSSR count). The molecule has 0 N–H and O–H groups in total. The van der Waals surface area contributed by atoms with Gasteiger partial charge in [-0.1, -0.05) is 6.92 Å². The molecule has 0 unspecified atom stereocenters. The molecule has 0 aliphatic rings. The lowest BCUT2D eigenvalue weighted by Crippen LogP contribution is -1.96. The van der Waals surface area contributed by atoms with Gasteiger partial charge in [-0.25, -0.2) is 4.98 Å². The third-order valence-electron chi connectivity index (χ3n) is 2.50. The van der Waals surface area contributed by atoms with Crippen LogP contribution in [-0.2, 0) is 13.2 Å². The van der Waals surface area contributed by atoms with Crippen molar-refractivity contribution in [3.05, 3.63) is 29.7 Å². The van der Waals surface area contributed by atoms with E-state index in [0.29, 0.717) is 12.5 Å². The lowest BCUT2D eigenvalue weighted by Gasteiger charge is -1.98. The van der Waals surface area contributed by atoms with Gasteiger partial charge in [0.05, 0.1) is 18.1 Å². The molecule has 0 aliphatic heterocycles. The third kappa shape index (κ3) is 2.87. The Morgan fingerprint density at radius 3 is 2.88 bits per heavy atom. The molecule has 0 bridgehead atoms. The first kappa shape index (κ1) is 11.7. The van der Waals surface area contributed by atoms with Crippen LogP contribution in [0, 0.1) is 13.8 Å². The minimum Gasteiger partial charge on any atom is -0.481 e. The molecule has 92 valence electrons. The molecule has 0 radical (unpaired) electrons. The van der Waals surface area contributed by atoms with E-state index in [1.54, 1.807) is 6.20 Å². The number of ether oxygens (including phenoxy) is 1. The second kappa shape index (κ2) is 5.03. The van der Waals surface area contributed by atoms with Gasteiger partial charge in [0.2, 0.25) is 5.89 Å². The summed E-state index contributed by atoms with van der Waals surface area (Å²) in [6, 6.07) is 0. The van der Waals surface area contributed by atoms with Crippen molar-refractivity contribution in [1.82, 2.24) is 14.8 Å². The van der Waals surface area contributed by atoms with Gasteiger partial charge in [-0.05, 0) is 20.3 Å². The van der Waals surface area contributed by atoms with Crippen LogP contribution in [0.3, 0.4) is 0 Å². The number of hydrogen-bond donors (Lipinski definition) is 0. The summed E-state index contributed by atoms with van der Waals surface area (Å²) in [4.78, 5) is 4.25. The summed E-state index contributed by atoms with van der Waals surface area (Å²) in [6.07, 6.45) is 4.64. The van der Waals surface area contributed by atoms with Crippen LogP contribution in [0.1, 0.15) is 30.7 Å². The van der Waals surface area contributed by atoms with Gasteiger partial charge in [0.15, 0.2) is 12.4 Å². The van der Waals surface area contributed by atoms with Crippen LogP contribution in [-0.4, -0.2) is 14.8 Å². The highest BCUT2D eigenvalue weighted by atomic mass is 16.5. The van der Waals surface area contributed by atoms with Gasteiger partial charge in [0.1, 0.15) is 5.76 Å². The predicted octanol–water partition coefficient (Wildman–Crippen LogP) is 2.48. The highest BCUT2D eigenvalue weighted by Gasteiger charge is 2.06. The summed E-state index contributed by atoms with van der Waals surface area (Å²) in [7, 11) is 0. The Labute approximate surface area is 100 Å². The molecule has 0 aromatic carbocycles. The Bertz CT molecular complexity index is 468. The second-order valence-corrected chi connectivity index (χ2v) is 3.98. The molecule has 2 aromatic rings. The van der Waals surface area contributed by atoms with Gasteiger partial charge in [0.25, 0.3) is 0 Å². The number of oxazole rings is 1. The number of hydrogen-bond acceptors (Lipinski definition) is 4. The molecule has 0 fully saturated rings. The highest BCUT2D eigenvalue weighted by Crippen LogP contribution is 2.13. The van der Waals surface area contributed by atoms with Crippen LogP contribution in [0.2, 0.25) is 0 Å². The fourth-order valence-corrected chi connectivity index (χ4v) is 1.52. The minimum absolute atomic E-state index is 0.340.